The van der Waals surface area contributed by atoms with Gasteiger partial charge in [-0.3, -0.25) is 4.79 Å². The SMILES string of the molecule is COc1ccc(C(=O)NCC2(C)CC2)c(F)c1. The number of hydrogen-bond donors (Lipinski definition) is 1. The lowest BCUT2D eigenvalue weighted by atomic mass is 10.1. The number of carbonyl (C=O) groups excluding carboxylic acids is 1. The molecule has 1 N–H and O–H groups in total. The Kier molecular flexibility index (Phi) is 3.05. The molecular formula is C13H16FNO2. The van der Waals surface area contributed by atoms with Gasteiger partial charge in [0.1, 0.15) is 11.6 Å². The molecule has 4 heteroatoms. The summed E-state index contributed by atoms with van der Waals surface area (Å²) in [4.78, 5) is 11.7. The highest BCUT2D eigenvalue weighted by Crippen LogP contribution is 2.44. The van der Waals surface area contributed by atoms with E-state index in [-0.39, 0.29) is 16.9 Å². The first-order valence-electron chi connectivity index (χ1n) is 5.66. The van der Waals surface area contributed by atoms with E-state index in [0.717, 1.165) is 12.8 Å². The Bertz CT molecular complexity index is 441. The highest BCUT2D eigenvalue weighted by atomic mass is 19.1. The van der Waals surface area contributed by atoms with Crippen LogP contribution in [0, 0.1) is 11.2 Å². The number of nitrogens with one attached hydrogen (secondary N) is 1. The minimum Gasteiger partial charge on any atom is -0.497 e. The molecule has 17 heavy (non-hydrogen) atoms. The van der Waals surface area contributed by atoms with E-state index in [9.17, 15) is 9.18 Å². The van der Waals surface area contributed by atoms with E-state index >= 15 is 0 Å². The third-order valence-corrected chi connectivity index (χ3v) is 3.20. The van der Waals surface area contributed by atoms with Crippen molar-refractivity contribution in [3.8, 4) is 5.75 Å². The van der Waals surface area contributed by atoms with Crippen molar-refractivity contribution in [1.82, 2.24) is 5.32 Å². The molecule has 0 aliphatic heterocycles. The number of ether oxygens (including phenoxy) is 1. The smallest absolute Gasteiger partial charge is 0.254 e. The summed E-state index contributed by atoms with van der Waals surface area (Å²) < 4.78 is 18.5. The Balaban J connectivity index is 2.03. The molecule has 0 spiro atoms. The molecule has 1 aliphatic carbocycles. The van der Waals surface area contributed by atoms with E-state index in [4.69, 9.17) is 4.74 Å². The molecule has 3 nitrogen and oxygen atoms in total. The van der Waals surface area contributed by atoms with Crippen LogP contribution in [0.5, 0.6) is 5.75 Å². The number of rotatable bonds is 4. The maximum Gasteiger partial charge on any atom is 0.254 e. The molecule has 0 aromatic heterocycles. The summed E-state index contributed by atoms with van der Waals surface area (Å²) in [5.41, 5.74) is 0.286. The summed E-state index contributed by atoms with van der Waals surface area (Å²) in [5.74, 6) is -0.505. The molecule has 0 radical (unpaired) electrons. The predicted molar refractivity (Wildman–Crippen MR) is 62.6 cm³/mol. The van der Waals surface area contributed by atoms with Crippen LogP contribution in [0.2, 0.25) is 0 Å². The van der Waals surface area contributed by atoms with Crippen molar-refractivity contribution >= 4 is 5.91 Å². The lowest BCUT2D eigenvalue weighted by Crippen LogP contribution is -2.29. The summed E-state index contributed by atoms with van der Waals surface area (Å²) in [5, 5.41) is 2.76. The fraction of sp³-hybridized carbons (Fsp3) is 0.462. The van der Waals surface area contributed by atoms with Gasteiger partial charge >= 0.3 is 0 Å². The second kappa shape index (κ2) is 4.35. The fourth-order valence-electron chi connectivity index (χ4n) is 1.59. The zero-order valence-corrected chi connectivity index (χ0v) is 10.0. The molecule has 0 bridgehead atoms. The summed E-state index contributed by atoms with van der Waals surface area (Å²) >= 11 is 0. The van der Waals surface area contributed by atoms with E-state index < -0.39 is 5.82 Å². The van der Waals surface area contributed by atoms with E-state index in [0.29, 0.717) is 12.3 Å². The van der Waals surface area contributed by atoms with Crippen LogP contribution < -0.4 is 10.1 Å². The summed E-state index contributed by atoms with van der Waals surface area (Å²) in [6.07, 6.45) is 2.25. The van der Waals surface area contributed by atoms with E-state index in [2.05, 4.69) is 12.2 Å². The quantitative estimate of drug-likeness (QED) is 0.873. The second-order valence-electron chi connectivity index (χ2n) is 4.84. The fourth-order valence-corrected chi connectivity index (χ4v) is 1.59. The molecule has 0 unspecified atom stereocenters. The van der Waals surface area contributed by atoms with Crippen LogP contribution in [0.1, 0.15) is 30.1 Å². The first kappa shape index (κ1) is 11.9. The highest BCUT2D eigenvalue weighted by molar-refractivity contribution is 5.94. The van der Waals surface area contributed by atoms with E-state index in [1.54, 1.807) is 6.07 Å². The Labute approximate surface area is 100.0 Å². The van der Waals surface area contributed by atoms with E-state index in [1.807, 2.05) is 0 Å². The minimum atomic E-state index is -0.553. The maximum atomic E-state index is 13.6. The molecule has 1 amide bonds. The van der Waals surface area contributed by atoms with Crippen LogP contribution in [0.4, 0.5) is 4.39 Å². The number of methoxy groups -OCH3 is 1. The molecule has 1 aromatic rings. The van der Waals surface area contributed by atoms with Crippen molar-refractivity contribution in [2.24, 2.45) is 5.41 Å². The average molecular weight is 237 g/mol. The monoisotopic (exact) mass is 237 g/mol. The molecule has 0 saturated heterocycles. The lowest BCUT2D eigenvalue weighted by molar-refractivity contribution is 0.0942. The predicted octanol–water partition coefficient (Wildman–Crippen LogP) is 2.36. The molecule has 0 atom stereocenters. The van der Waals surface area contributed by atoms with Gasteiger partial charge in [-0.25, -0.2) is 4.39 Å². The maximum absolute atomic E-state index is 13.6. The Morgan fingerprint density at radius 3 is 2.76 bits per heavy atom. The molecule has 1 saturated carbocycles. The van der Waals surface area contributed by atoms with Crippen LogP contribution in [0.15, 0.2) is 18.2 Å². The normalized spacial score (nSPS) is 16.4. The van der Waals surface area contributed by atoms with Gasteiger partial charge in [-0.05, 0) is 30.4 Å². The van der Waals surface area contributed by atoms with Crippen molar-refractivity contribution in [3.05, 3.63) is 29.6 Å². The first-order chi connectivity index (χ1) is 8.04. The van der Waals surface area contributed by atoms with Gasteiger partial charge in [0, 0.05) is 12.6 Å². The van der Waals surface area contributed by atoms with Crippen LogP contribution in [-0.2, 0) is 0 Å². The summed E-state index contributed by atoms with van der Waals surface area (Å²) in [7, 11) is 1.46. The van der Waals surface area contributed by atoms with Gasteiger partial charge in [-0.1, -0.05) is 6.92 Å². The second-order valence-corrected chi connectivity index (χ2v) is 4.84. The summed E-state index contributed by atoms with van der Waals surface area (Å²) in [6, 6.07) is 4.24. The average Bonchev–Trinajstić information content (AvgIpc) is 3.05. The van der Waals surface area contributed by atoms with Gasteiger partial charge in [0.05, 0.1) is 12.7 Å². The van der Waals surface area contributed by atoms with Crippen LogP contribution in [0.3, 0.4) is 0 Å². The molecular weight excluding hydrogens is 221 g/mol. The largest absolute Gasteiger partial charge is 0.497 e. The van der Waals surface area contributed by atoms with Gasteiger partial charge in [-0.15, -0.1) is 0 Å². The molecule has 1 fully saturated rings. The van der Waals surface area contributed by atoms with Crippen molar-refractivity contribution in [2.75, 3.05) is 13.7 Å². The highest BCUT2D eigenvalue weighted by Gasteiger charge is 2.37. The van der Waals surface area contributed by atoms with Gasteiger partial charge < -0.3 is 10.1 Å². The number of amides is 1. The Morgan fingerprint density at radius 1 is 1.53 bits per heavy atom. The van der Waals surface area contributed by atoms with E-state index in [1.165, 1.54) is 19.2 Å². The van der Waals surface area contributed by atoms with Gasteiger partial charge in [0.25, 0.3) is 5.91 Å². The van der Waals surface area contributed by atoms with Crippen molar-refractivity contribution < 1.29 is 13.9 Å². The number of benzene rings is 1. The molecule has 0 heterocycles. The number of carbonyl (C=O) groups is 1. The minimum absolute atomic E-state index is 0.0649. The standard InChI is InChI=1S/C13H16FNO2/c1-13(5-6-13)8-15-12(16)10-4-3-9(17-2)7-11(10)14/h3-4,7H,5-6,8H2,1-2H3,(H,15,16). The number of hydrogen-bond acceptors (Lipinski definition) is 2. The third-order valence-electron chi connectivity index (χ3n) is 3.20. The molecule has 2 rings (SSSR count). The summed E-state index contributed by atoms with van der Waals surface area (Å²) in [6.45, 7) is 2.72. The number of halogens is 1. The van der Waals surface area contributed by atoms with Crippen molar-refractivity contribution in [2.45, 2.75) is 19.8 Å². The van der Waals surface area contributed by atoms with Crippen LogP contribution >= 0.6 is 0 Å². The zero-order valence-electron chi connectivity index (χ0n) is 10.0. The lowest BCUT2D eigenvalue weighted by Gasteiger charge is -2.11. The Hall–Kier alpha value is -1.58. The van der Waals surface area contributed by atoms with Gasteiger partial charge in [-0.2, -0.15) is 0 Å². The van der Waals surface area contributed by atoms with Gasteiger partial charge in [0.2, 0.25) is 0 Å². The topological polar surface area (TPSA) is 38.3 Å². The molecule has 1 aromatic carbocycles. The zero-order chi connectivity index (χ0) is 12.5. The van der Waals surface area contributed by atoms with Crippen molar-refractivity contribution in [1.29, 1.82) is 0 Å². The van der Waals surface area contributed by atoms with Crippen molar-refractivity contribution in [3.63, 3.8) is 0 Å². The third kappa shape index (κ3) is 2.75. The first-order valence-corrected chi connectivity index (χ1v) is 5.66. The van der Waals surface area contributed by atoms with Crippen LogP contribution in [0.25, 0.3) is 0 Å². The Morgan fingerprint density at radius 2 is 2.24 bits per heavy atom. The molecule has 1 aliphatic rings. The molecule has 92 valence electrons. The van der Waals surface area contributed by atoms with Gasteiger partial charge in [0.15, 0.2) is 0 Å². The van der Waals surface area contributed by atoms with Crippen LogP contribution in [-0.4, -0.2) is 19.6 Å².